The minimum atomic E-state index is 0.0130. The summed E-state index contributed by atoms with van der Waals surface area (Å²) in [6, 6.07) is 4.07. The van der Waals surface area contributed by atoms with E-state index in [1.54, 1.807) is 35.9 Å². The van der Waals surface area contributed by atoms with Crippen molar-refractivity contribution in [2.75, 3.05) is 26.2 Å². The molecule has 0 radical (unpaired) electrons. The lowest BCUT2D eigenvalue weighted by Gasteiger charge is -2.41. The van der Waals surface area contributed by atoms with E-state index in [0.29, 0.717) is 11.8 Å². The number of ether oxygens (including phenoxy) is 1. The van der Waals surface area contributed by atoms with Gasteiger partial charge >= 0.3 is 0 Å². The maximum Gasteiger partial charge on any atom is 0.289 e. The highest BCUT2D eigenvalue weighted by molar-refractivity contribution is 7.11. The Balaban J connectivity index is 1.23. The lowest BCUT2D eigenvalue weighted by Crippen LogP contribution is -2.50. The van der Waals surface area contributed by atoms with Crippen LogP contribution in [-0.2, 0) is 0 Å². The predicted molar refractivity (Wildman–Crippen MR) is 95.0 cm³/mol. The van der Waals surface area contributed by atoms with Crippen LogP contribution in [0.15, 0.2) is 34.4 Å². The van der Waals surface area contributed by atoms with Crippen LogP contribution in [0.25, 0.3) is 0 Å². The molecule has 0 bridgehead atoms. The van der Waals surface area contributed by atoms with Crippen molar-refractivity contribution in [2.45, 2.75) is 37.8 Å². The molecule has 4 rings (SSSR count). The van der Waals surface area contributed by atoms with Crippen molar-refractivity contribution in [1.29, 1.82) is 0 Å². The number of likely N-dealkylation sites (tertiary alicyclic amines) is 2. The summed E-state index contributed by atoms with van der Waals surface area (Å²) < 4.78 is 11.2. The molecule has 2 aromatic rings. The second-order valence-corrected chi connectivity index (χ2v) is 7.51. The van der Waals surface area contributed by atoms with Crippen molar-refractivity contribution < 1.29 is 13.9 Å². The fourth-order valence-electron chi connectivity index (χ4n) is 3.76. The van der Waals surface area contributed by atoms with Gasteiger partial charge in [-0.15, -0.1) is 0 Å². The van der Waals surface area contributed by atoms with Crippen LogP contribution in [0.1, 0.15) is 36.2 Å². The Bertz CT molecular complexity index is 658. The first-order valence-corrected chi connectivity index (χ1v) is 9.80. The van der Waals surface area contributed by atoms with Gasteiger partial charge in [-0.2, -0.15) is 0 Å². The van der Waals surface area contributed by atoms with Gasteiger partial charge in [-0.25, -0.2) is 4.98 Å². The SMILES string of the molecule is O=C(c1ccco1)N1CCC(N2CCC(Oc3nccs3)CC2)CC1. The fourth-order valence-corrected chi connectivity index (χ4v) is 4.31. The summed E-state index contributed by atoms with van der Waals surface area (Å²) in [5.74, 6) is 0.456. The molecule has 0 N–H and O–H groups in total. The number of carbonyl (C=O) groups excluding carboxylic acids is 1. The smallest absolute Gasteiger partial charge is 0.289 e. The lowest BCUT2D eigenvalue weighted by atomic mass is 9.98. The van der Waals surface area contributed by atoms with Crippen LogP contribution < -0.4 is 4.74 Å². The molecule has 0 spiro atoms. The van der Waals surface area contributed by atoms with E-state index in [2.05, 4.69) is 9.88 Å². The van der Waals surface area contributed by atoms with Crippen molar-refractivity contribution in [3.8, 4) is 5.19 Å². The minimum absolute atomic E-state index is 0.0130. The molecule has 2 aromatic heterocycles. The highest BCUT2D eigenvalue weighted by Crippen LogP contribution is 2.25. The van der Waals surface area contributed by atoms with Crippen LogP contribution in [0.4, 0.5) is 0 Å². The maximum atomic E-state index is 12.3. The first-order chi connectivity index (χ1) is 12.3. The van der Waals surface area contributed by atoms with Crippen LogP contribution in [-0.4, -0.2) is 59.0 Å². The molecule has 4 heterocycles. The monoisotopic (exact) mass is 361 g/mol. The average molecular weight is 361 g/mol. The van der Waals surface area contributed by atoms with Crippen molar-refractivity contribution in [1.82, 2.24) is 14.8 Å². The quantitative estimate of drug-likeness (QED) is 0.838. The predicted octanol–water partition coefficient (Wildman–Crippen LogP) is 2.88. The zero-order valence-corrected chi connectivity index (χ0v) is 15.0. The zero-order valence-electron chi connectivity index (χ0n) is 14.2. The highest BCUT2D eigenvalue weighted by Gasteiger charge is 2.31. The number of nitrogens with zero attached hydrogens (tertiary/aromatic N) is 3. The fraction of sp³-hybridized carbons (Fsp3) is 0.556. The molecule has 2 fully saturated rings. The second kappa shape index (κ2) is 7.58. The Morgan fingerprint density at radius 1 is 1.20 bits per heavy atom. The molecule has 2 saturated heterocycles. The van der Waals surface area contributed by atoms with Gasteiger partial charge in [0.15, 0.2) is 5.76 Å². The molecule has 134 valence electrons. The topological polar surface area (TPSA) is 58.8 Å². The first kappa shape index (κ1) is 16.6. The van der Waals surface area contributed by atoms with Gasteiger partial charge in [-0.3, -0.25) is 9.69 Å². The summed E-state index contributed by atoms with van der Waals surface area (Å²) in [6.07, 6.45) is 7.78. The number of hydrogen-bond donors (Lipinski definition) is 0. The number of carbonyl (C=O) groups is 1. The van der Waals surface area contributed by atoms with Gasteiger partial charge in [0.25, 0.3) is 11.1 Å². The second-order valence-electron chi connectivity index (χ2n) is 6.65. The van der Waals surface area contributed by atoms with Gasteiger partial charge in [0.2, 0.25) is 0 Å². The number of piperidine rings is 2. The summed E-state index contributed by atoms with van der Waals surface area (Å²) in [6.45, 7) is 3.74. The number of amides is 1. The molecule has 2 aliphatic rings. The largest absolute Gasteiger partial charge is 0.467 e. The van der Waals surface area contributed by atoms with E-state index in [1.165, 1.54) is 0 Å². The third-order valence-electron chi connectivity index (χ3n) is 5.15. The molecule has 0 atom stereocenters. The molecule has 0 unspecified atom stereocenters. The number of hydrogen-bond acceptors (Lipinski definition) is 6. The summed E-state index contributed by atoms with van der Waals surface area (Å²) in [5, 5.41) is 2.73. The third kappa shape index (κ3) is 3.88. The van der Waals surface area contributed by atoms with Crippen LogP contribution in [0.3, 0.4) is 0 Å². The average Bonchev–Trinajstić information content (AvgIpc) is 3.36. The van der Waals surface area contributed by atoms with Crippen molar-refractivity contribution in [2.24, 2.45) is 0 Å². The molecule has 25 heavy (non-hydrogen) atoms. The number of thiazole rings is 1. The summed E-state index contributed by atoms with van der Waals surface area (Å²) in [5.41, 5.74) is 0. The number of furan rings is 1. The van der Waals surface area contributed by atoms with E-state index < -0.39 is 0 Å². The Morgan fingerprint density at radius 3 is 2.64 bits per heavy atom. The molecule has 1 amide bonds. The van der Waals surface area contributed by atoms with Gasteiger partial charge in [0.1, 0.15) is 6.10 Å². The Morgan fingerprint density at radius 2 is 2.00 bits per heavy atom. The molecule has 0 saturated carbocycles. The maximum absolute atomic E-state index is 12.3. The van der Waals surface area contributed by atoms with E-state index in [0.717, 1.165) is 57.1 Å². The lowest BCUT2D eigenvalue weighted by molar-refractivity contribution is 0.0411. The first-order valence-electron chi connectivity index (χ1n) is 8.92. The van der Waals surface area contributed by atoms with Crippen LogP contribution >= 0.6 is 11.3 Å². The molecule has 6 nitrogen and oxygen atoms in total. The van der Waals surface area contributed by atoms with Crippen LogP contribution in [0.2, 0.25) is 0 Å². The van der Waals surface area contributed by atoms with Gasteiger partial charge < -0.3 is 14.1 Å². The number of aromatic nitrogens is 1. The van der Waals surface area contributed by atoms with Crippen molar-refractivity contribution in [3.63, 3.8) is 0 Å². The van der Waals surface area contributed by atoms with Gasteiger partial charge in [-0.1, -0.05) is 11.3 Å². The van der Waals surface area contributed by atoms with Crippen molar-refractivity contribution >= 4 is 17.2 Å². The minimum Gasteiger partial charge on any atom is -0.467 e. The Hall–Kier alpha value is -1.86. The molecule has 0 aliphatic carbocycles. The molecule has 2 aliphatic heterocycles. The van der Waals surface area contributed by atoms with E-state index in [9.17, 15) is 4.79 Å². The van der Waals surface area contributed by atoms with Gasteiger partial charge in [0.05, 0.1) is 6.26 Å². The van der Waals surface area contributed by atoms with Gasteiger partial charge in [-0.05, 0) is 37.8 Å². The van der Waals surface area contributed by atoms with E-state index in [4.69, 9.17) is 9.15 Å². The molecular weight excluding hydrogens is 338 g/mol. The molecular formula is C18H23N3O3S. The molecule has 7 heteroatoms. The number of rotatable bonds is 4. The summed E-state index contributed by atoms with van der Waals surface area (Å²) in [4.78, 5) is 21.0. The summed E-state index contributed by atoms with van der Waals surface area (Å²) in [7, 11) is 0. The Labute approximate surface area is 151 Å². The van der Waals surface area contributed by atoms with Crippen molar-refractivity contribution in [3.05, 3.63) is 35.7 Å². The normalized spacial score (nSPS) is 20.7. The van der Waals surface area contributed by atoms with Crippen LogP contribution in [0.5, 0.6) is 5.19 Å². The van der Waals surface area contributed by atoms with E-state index >= 15 is 0 Å². The summed E-state index contributed by atoms with van der Waals surface area (Å²) >= 11 is 1.56. The molecule has 0 aromatic carbocycles. The van der Waals surface area contributed by atoms with E-state index in [1.807, 2.05) is 10.3 Å². The van der Waals surface area contributed by atoms with E-state index in [-0.39, 0.29) is 12.0 Å². The third-order valence-corrected chi connectivity index (χ3v) is 5.81. The standard InChI is InChI=1S/C18H23N3O3S/c22-17(16-2-1-12-23-16)21-8-3-14(4-9-21)20-10-5-15(6-11-20)24-18-19-7-13-25-18/h1-2,7,12-15H,3-6,8-11H2. The Kier molecular flexibility index (Phi) is 5.03. The van der Waals surface area contributed by atoms with Crippen LogP contribution in [0, 0.1) is 0 Å². The highest BCUT2D eigenvalue weighted by atomic mass is 32.1. The zero-order chi connectivity index (χ0) is 17.1. The van der Waals surface area contributed by atoms with Gasteiger partial charge in [0, 0.05) is 43.8 Å².